The molecule has 1 aliphatic carbocycles. The highest BCUT2D eigenvalue weighted by Crippen LogP contribution is 2.47. The first-order valence-electron chi connectivity index (χ1n) is 9.97. The number of carbonyl (C=O) groups is 1. The fourth-order valence-electron chi connectivity index (χ4n) is 5.18. The van der Waals surface area contributed by atoms with E-state index < -0.39 is 5.60 Å². The summed E-state index contributed by atoms with van der Waals surface area (Å²) in [5.74, 6) is 0.297. The van der Waals surface area contributed by atoms with Gasteiger partial charge in [-0.3, -0.25) is 9.69 Å². The van der Waals surface area contributed by atoms with E-state index in [0.29, 0.717) is 26.2 Å². The van der Waals surface area contributed by atoms with Gasteiger partial charge in [0.25, 0.3) is 0 Å². The van der Waals surface area contributed by atoms with Gasteiger partial charge in [-0.25, -0.2) is 0 Å². The Labute approximate surface area is 155 Å². The molecule has 0 spiro atoms. The van der Waals surface area contributed by atoms with Crippen molar-refractivity contribution in [2.24, 2.45) is 5.92 Å². The van der Waals surface area contributed by atoms with Crippen LogP contribution in [0.3, 0.4) is 0 Å². The largest absolute Gasteiger partial charge is 0.385 e. The summed E-state index contributed by atoms with van der Waals surface area (Å²) in [5.41, 5.74) is 0.181. The van der Waals surface area contributed by atoms with Crippen LogP contribution in [0.1, 0.15) is 37.7 Å². The van der Waals surface area contributed by atoms with E-state index in [1.165, 1.54) is 0 Å². The lowest BCUT2D eigenvalue weighted by Crippen LogP contribution is -2.63. The molecule has 4 rings (SSSR count). The molecule has 2 aliphatic heterocycles. The maximum atomic E-state index is 13.3. The van der Waals surface area contributed by atoms with Crippen molar-refractivity contribution < 1.29 is 14.6 Å². The monoisotopic (exact) mass is 358 g/mol. The van der Waals surface area contributed by atoms with Crippen molar-refractivity contribution >= 4 is 5.91 Å². The Bertz CT molecular complexity index is 637. The molecule has 4 atom stereocenters. The maximum Gasteiger partial charge on any atom is 0.242 e. The SMILES string of the molecule is CN1CCOC[C@H]1C(=O)N1CCC(O)(c2ccccc2)C2CCCCC21. The summed E-state index contributed by atoms with van der Waals surface area (Å²) in [7, 11) is 2.01. The highest BCUT2D eigenvalue weighted by molar-refractivity contribution is 5.82. The average Bonchev–Trinajstić information content (AvgIpc) is 2.69. The van der Waals surface area contributed by atoms with Crippen molar-refractivity contribution in [1.82, 2.24) is 9.80 Å². The molecule has 1 aromatic rings. The first-order valence-corrected chi connectivity index (χ1v) is 9.97. The first-order chi connectivity index (χ1) is 12.6. The van der Waals surface area contributed by atoms with E-state index in [1.807, 2.05) is 37.4 Å². The number of ether oxygens (including phenoxy) is 1. The molecule has 5 nitrogen and oxygen atoms in total. The molecule has 3 fully saturated rings. The number of piperidine rings is 1. The van der Waals surface area contributed by atoms with E-state index in [4.69, 9.17) is 4.74 Å². The van der Waals surface area contributed by atoms with Crippen molar-refractivity contribution in [3.63, 3.8) is 0 Å². The number of hydrogen-bond donors (Lipinski definition) is 1. The number of rotatable bonds is 2. The molecular weight excluding hydrogens is 328 g/mol. The van der Waals surface area contributed by atoms with E-state index in [2.05, 4.69) is 9.80 Å². The predicted octanol–water partition coefficient (Wildman–Crippen LogP) is 2.00. The minimum atomic E-state index is -0.821. The number of fused-ring (bicyclic) bond motifs is 1. The zero-order valence-electron chi connectivity index (χ0n) is 15.6. The number of nitrogens with zero attached hydrogens (tertiary/aromatic N) is 2. The lowest BCUT2D eigenvalue weighted by molar-refractivity contribution is -0.163. The number of likely N-dealkylation sites (N-methyl/N-ethyl adjacent to an activating group) is 1. The predicted molar refractivity (Wildman–Crippen MR) is 99.7 cm³/mol. The van der Waals surface area contributed by atoms with Gasteiger partial charge < -0.3 is 14.7 Å². The number of likely N-dealkylation sites (tertiary alicyclic amines) is 1. The molecule has 2 heterocycles. The second kappa shape index (κ2) is 7.29. The molecule has 3 unspecified atom stereocenters. The summed E-state index contributed by atoms with van der Waals surface area (Å²) in [4.78, 5) is 17.5. The third-order valence-corrected chi connectivity index (χ3v) is 6.71. The van der Waals surface area contributed by atoms with Crippen molar-refractivity contribution in [1.29, 1.82) is 0 Å². The molecule has 0 radical (unpaired) electrons. The topological polar surface area (TPSA) is 53.0 Å². The van der Waals surface area contributed by atoms with Gasteiger partial charge in [0, 0.05) is 25.0 Å². The van der Waals surface area contributed by atoms with Crippen LogP contribution in [0.4, 0.5) is 0 Å². The number of aliphatic hydroxyl groups is 1. The van der Waals surface area contributed by atoms with Crippen LogP contribution < -0.4 is 0 Å². The van der Waals surface area contributed by atoms with Gasteiger partial charge in [-0.2, -0.15) is 0 Å². The second-order valence-electron chi connectivity index (χ2n) is 8.10. The van der Waals surface area contributed by atoms with Crippen LogP contribution in [-0.2, 0) is 15.1 Å². The van der Waals surface area contributed by atoms with Gasteiger partial charge in [-0.15, -0.1) is 0 Å². The molecule has 0 bridgehead atoms. The van der Waals surface area contributed by atoms with Gasteiger partial charge in [-0.1, -0.05) is 43.2 Å². The molecule has 142 valence electrons. The van der Waals surface area contributed by atoms with Gasteiger partial charge in [-0.05, 0) is 31.9 Å². The quantitative estimate of drug-likeness (QED) is 0.879. The molecule has 2 saturated heterocycles. The molecule has 26 heavy (non-hydrogen) atoms. The lowest BCUT2D eigenvalue weighted by Gasteiger charge is -2.53. The van der Waals surface area contributed by atoms with E-state index >= 15 is 0 Å². The fraction of sp³-hybridized carbons (Fsp3) is 0.667. The smallest absolute Gasteiger partial charge is 0.242 e. The van der Waals surface area contributed by atoms with Crippen LogP contribution in [0.5, 0.6) is 0 Å². The van der Waals surface area contributed by atoms with Gasteiger partial charge in [0.15, 0.2) is 0 Å². The number of carbonyl (C=O) groups excluding carboxylic acids is 1. The van der Waals surface area contributed by atoms with Crippen LogP contribution in [0.2, 0.25) is 0 Å². The number of amides is 1. The number of benzene rings is 1. The maximum absolute atomic E-state index is 13.3. The van der Waals surface area contributed by atoms with Gasteiger partial charge in [0.1, 0.15) is 6.04 Å². The van der Waals surface area contributed by atoms with Crippen LogP contribution in [0, 0.1) is 5.92 Å². The highest BCUT2D eigenvalue weighted by atomic mass is 16.5. The number of hydrogen-bond acceptors (Lipinski definition) is 4. The van der Waals surface area contributed by atoms with E-state index in [1.54, 1.807) is 0 Å². The zero-order chi connectivity index (χ0) is 18.1. The fourth-order valence-corrected chi connectivity index (χ4v) is 5.18. The van der Waals surface area contributed by atoms with Gasteiger partial charge in [0.05, 0.1) is 18.8 Å². The second-order valence-corrected chi connectivity index (χ2v) is 8.10. The normalized spacial score (nSPS) is 35.8. The Morgan fingerprint density at radius 1 is 1.19 bits per heavy atom. The third kappa shape index (κ3) is 3.06. The average molecular weight is 358 g/mol. The van der Waals surface area contributed by atoms with Crippen molar-refractivity contribution in [2.75, 3.05) is 33.4 Å². The summed E-state index contributed by atoms with van der Waals surface area (Å²) in [6.45, 7) is 2.59. The van der Waals surface area contributed by atoms with Crippen molar-refractivity contribution in [3.05, 3.63) is 35.9 Å². The Morgan fingerprint density at radius 2 is 1.96 bits per heavy atom. The summed E-state index contributed by atoms with van der Waals surface area (Å²) in [6.07, 6.45) is 4.85. The highest BCUT2D eigenvalue weighted by Gasteiger charge is 2.51. The van der Waals surface area contributed by atoms with E-state index in [-0.39, 0.29) is 23.9 Å². The van der Waals surface area contributed by atoms with E-state index in [9.17, 15) is 9.90 Å². The van der Waals surface area contributed by atoms with Crippen LogP contribution in [-0.4, -0.2) is 66.2 Å². The standard InChI is InChI=1S/C21H30N2O3/c1-22-13-14-26-15-19(22)20(24)23-12-11-21(25,16-7-3-2-4-8-16)17-9-5-6-10-18(17)23/h2-4,7-8,17-19,25H,5-6,9-15H2,1H3/t17?,18?,19-,21?/m0/s1. The summed E-state index contributed by atoms with van der Waals surface area (Å²) >= 11 is 0. The molecule has 5 heteroatoms. The third-order valence-electron chi connectivity index (χ3n) is 6.71. The van der Waals surface area contributed by atoms with Gasteiger partial charge in [0.2, 0.25) is 5.91 Å². The summed E-state index contributed by atoms with van der Waals surface area (Å²) in [5, 5.41) is 11.6. The van der Waals surface area contributed by atoms with E-state index in [0.717, 1.165) is 37.8 Å². The molecular formula is C21H30N2O3. The van der Waals surface area contributed by atoms with Crippen molar-refractivity contribution in [2.45, 2.75) is 49.8 Å². The Balaban J connectivity index is 1.59. The van der Waals surface area contributed by atoms with Crippen molar-refractivity contribution in [3.8, 4) is 0 Å². The molecule has 1 N–H and O–H groups in total. The number of morpholine rings is 1. The minimum absolute atomic E-state index is 0.117. The Hall–Kier alpha value is -1.43. The van der Waals surface area contributed by atoms with Crippen LogP contribution in [0.15, 0.2) is 30.3 Å². The molecule has 1 amide bonds. The Morgan fingerprint density at radius 3 is 2.73 bits per heavy atom. The van der Waals surface area contributed by atoms with Crippen LogP contribution in [0.25, 0.3) is 0 Å². The lowest BCUT2D eigenvalue weighted by atomic mass is 9.66. The summed E-state index contributed by atoms with van der Waals surface area (Å²) in [6, 6.07) is 9.99. The molecule has 1 aromatic carbocycles. The summed E-state index contributed by atoms with van der Waals surface area (Å²) < 4.78 is 5.57. The van der Waals surface area contributed by atoms with Crippen LogP contribution >= 0.6 is 0 Å². The van der Waals surface area contributed by atoms with Gasteiger partial charge >= 0.3 is 0 Å². The zero-order valence-corrected chi connectivity index (χ0v) is 15.6. The first kappa shape index (κ1) is 18.0. The minimum Gasteiger partial charge on any atom is -0.385 e. The Kier molecular flexibility index (Phi) is 5.04. The molecule has 0 aromatic heterocycles. The molecule has 1 saturated carbocycles. The molecule has 3 aliphatic rings.